The molecule has 27 heavy (non-hydrogen) atoms. The summed E-state index contributed by atoms with van der Waals surface area (Å²) in [5, 5.41) is 0. The maximum Gasteiger partial charge on any atom is 0.248 e. The van der Waals surface area contributed by atoms with Crippen LogP contribution in [0.15, 0.2) is 24.3 Å². The maximum absolute atomic E-state index is 12.7. The summed E-state index contributed by atoms with van der Waals surface area (Å²) in [6, 6.07) is 8.60. The molecule has 0 bridgehead atoms. The second kappa shape index (κ2) is 9.09. The Hall–Kier alpha value is -1.55. The van der Waals surface area contributed by atoms with Gasteiger partial charge in [0.05, 0.1) is 6.10 Å². The van der Waals surface area contributed by atoms with E-state index in [0.29, 0.717) is 17.8 Å². The van der Waals surface area contributed by atoms with Gasteiger partial charge < -0.3 is 14.5 Å². The first-order valence-electron chi connectivity index (χ1n) is 10.6. The van der Waals surface area contributed by atoms with Crippen LogP contribution >= 0.6 is 0 Å². The normalized spacial score (nSPS) is 26.5. The van der Waals surface area contributed by atoms with Gasteiger partial charge in [-0.2, -0.15) is 0 Å². The maximum atomic E-state index is 12.7. The molecule has 0 radical (unpaired) electrons. The highest BCUT2D eigenvalue weighted by molar-refractivity contribution is 5.77. The van der Waals surface area contributed by atoms with Gasteiger partial charge in [0.15, 0.2) is 0 Å². The van der Waals surface area contributed by atoms with Gasteiger partial charge in [-0.05, 0) is 55.2 Å². The number of hydrogen-bond donors (Lipinski definition) is 0. The quantitative estimate of drug-likeness (QED) is 0.779. The number of hydrogen-bond acceptors (Lipinski definition) is 3. The Balaban J connectivity index is 1.48. The van der Waals surface area contributed by atoms with Crippen molar-refractivity contribution < 1.29 is 9.53 Å². The van der Waals surface area contributed by atoms with Crippen LogP contribution in [0, 0.1) is 24.7 Å². The van der Waals surface area contributed by atoms with Crippen LogP contribution in [-0.2, 0) is 9.53 Å². The van der Waals surface area contributed by atoms with Gasteiger partial charge in [-0.3, -0.25) is 4.79 Å². The van der Waals surface area contributed by atoms with Gasteiger partial charge in [0, 0.05) is 31.9 Å². The van der Waals surface area contributed by atoms with Crippen molar-refractivity contribution >= 4 is 11.6 Å². The molecule has 2 aliphatic rings. The Labute approximate surface area is 164 Å². The van der Waals surface area contributed by atoms with Gasteiger partial charge in [-0.15, -0.1) is 0 Å². The minimum Gasteiger partial charge on any atom is -0.368 e. The van der Waals surface area contributed by atoms with Gasteiger partial charge in [-0.1, -0.05) is 39.3 Å². The monoisotopic (exact) mass is 372 g/mol. The van der Waals surface area contributed by atoms with Crippen molar-refractivity contribution in [1.29, 1.82) is 0 Å². The van der Waals surface area contributed by atoms with Gasteiger partial charge in [0.2, 0.25) is 5.91 Å². The molecule has 0 unspecified atom stereocenters. The smallest absolute Gasteiger partial charge is 0.248 e. The van der Waals surface area contributed by atoms with Crippen LogP contribution < -0.4 is 4.90 Å². The number of amides is 1. The Morgan fingerprint density at radius 1 is 1.19 bits per heavy atom. The van der Waals surface area contributed by atoms with Crippen LogP contribution in [0.1, 0.15) is 45.6 Å². The predicted molar refractivity (Wildman–Crippen MR) is 111 cm³/mol. The van der Waals surface area contributed by atoms with Crippen LogP contribution in [-0.4, -0.2) is 49.7 Å². The summed E-state index contributed by atoms with van der Waals surface area (Å²) in [5.41, 5.74) is 2.54. The average molecular weight is 373 g/mol. The number of ether oxygens (including phenoxy) is 1. The molecule has 1 saturated carbocycles. The first-order valence-corrected chi connectivity index (χ1v) is 10.6. The van der Waals surface area contributed by atoms with Crippen molar-refractivity contribution in [2.45, 2.75) is 53.1 Å². The third-order valence-electron chi connectivity index (χ3n) is 6.38. The van der Waals surface area contributed by atoms with E-state index in [1.54, 1.807) is 0 Å². The molecule has 1 saturated heterocycles. The third kappa shape index (κ3) is 5.25. The highest BCUT2D eigenvalue weighted by Crippen LogP contribution is 2.35. The summed E-state index contributed by atoms with van der Waals surface area (Å²) in [6.07, 6.45) is 3.85. The van der Waals surface area contributed by atoms with Crippen LogP contribution in [0.3, 0.4) is 0 Å². The first-order chi connectivity index (χ1) is 12.9. The van der Waals surface area contributed by atoms with E-state index < -0.39 is 0 Å². The van der Waals surface area contributed by atoms with Gasteiger partial charge in [0.1, 0.15) is 6.61 Å². The molecule has 0 N–H and O–H groups in total. The molecule has 2 fully saturated rings. The molecule has 3 rings (SSSR count). The standard InChI is InChI=1S/C23H36N2O2/c1-17(2)21-9-8-19(4)15-22(21)27-16-23(26)25-12-10-24(11-13-25)20-7-5-6-18(3)14-20/h5-7,14,17,19,21-22H,8-13,15-16H2,1-4H3/t19-,21+,22+/m0/s1. The van der Waals surface area contributed by atoms with Crippen molar-refractivity contribution in [1.82, 2.24) is 4.90 Å². The fourth-order valence-electron chi connectivity index (χ4n) is 4.61. The lowest BCUT2D eigenvalue weighted by Crippen LogP contribution is -2.50. The molecule has 3 atom stereocenters. The van der Waals surface area contributed by atoms with E-state index in [9.17, 15) is 4.79 Å². The van der Waals surface area contributed by atoms with E-state index >= 15 is 0 Å². The number of carbonyl (C=O) groups excluding carboxylic acids is 1. The molecule has 0 spiro atoms. The van der Waals surface area contributed by atoms with E-state index in [0.717, 1.165) is 32.6 Å². The van der Waals surface area contributed by atoms with Crippen molar-refractivity contribution in [2.75, 3.05) is 37.7 Å². The zero-order valence-corrected chi connectivity index (χ0v) is 17.5. The molecule has 1 aliphatic heterocycles. The SMILES string of the molecule is Cc1cccc(N2CCN(C(=O)CO[C@@H]3C[C@@H](C)CC[C@@H]3C(C)C)CC2)c1. The lowest BCUT2D eigenvalue weighted by Gasteiger charge is -2.38. The molecule has 4 heteroatoms. The largest absolute Gasteiger partial charge is 0.368 e. The summed E-state index contributed by atoms with van der Waals surface area (Å²) in [5.74, 6) is 2.07. The third-order valence-corrected chi connectivity index (χ3v) is 6.38. The second-order valence-electron chi connectivity index (χ2n) is 8.88. The molecule has 150 valence electrons. The molecule has 4 nitrogen and oxygen atoms in total. The van der Waals surface area contributed by atoms with Gasteiger partial charge in [-0.25, -0.2) is 0 Å². The summed E-state index contributed by atoms with van der Waals surface area (Å²) < 4.78 is 6.16. The van der Waals surface area contributed by atoms with Crippen molar-refractivity contribution in [3.63, 3.8) is 0 Å². The zero-order valence-electron chi connectivity index (χ0n) is 17.5. The molecular weight excluding hydrogens is 336 g/mol. The van der Waals surface area contributed by atoms with Crippen LogP contribution in [0.25, 0.3) is 0 Å². The lowest BCUT2D eigenvalue weighted by molar-refractivity contribution is -0.141. The average Bonchev–Trinajstić information content (AvgIpc) is 2.66. The highest BCUT2D eigenvalue weighted by Gasteiger charge is 2.32. The Kier molecular flexibility index (Phi) is 6.80. The fourth-order valence-corrected chi connectivity index (χ4v) is 4.61. The number of rotatable bonds is 5. The van der Waals surface area contributed by atoms with Crippen molar-refractivity contribution in [2.24, 2.45) is 17.8 Å². The van der Waals surface area contributed by atoms with Gasteiger partial charge in [0.25, 0.3) is 0 Å². The van der Waals surface area contributed by atoms with E-state index in [1.165, 1.54) is 24.1 Å². The minimum atomic E-state index is 0.152. The lowest BCUT2D eigenvalue weighted by atomic mass is 9.75. The van der Waals surface area contributed by atoms with Crippen molar-refractivity contribution in [3.8, 4) is 0 Å². The summed E-state index contributed by atoms with van der Waals surface area (Å²) in [6.45, 7) is 12.6. The van der Waals surface area contributed by atoms with Crippen molar-refractivity contribution in [3.05, 3.63) is 29.8 Å². The number of aryl methyl sites for hydroxylation is 1. The van der Waals surface area contributed by atoms with Crippen LogP contribution in [0.4, 0.5) is 5.69 Å². The highest BCUT2D eigenvalue weighted by atomic mass is 16.5. The van der Waals surface area contributed by atoms with E-state index in [-0.39, 0.29) is 18.6 Å². The Morgan fingerprint density at radius 2 is 1.93 bits per heavy atom. The number of carbonyl (C=O) groups is 1. The molecule has 1 aliphatic carbocycles. The van der Waals surface area contributed by atoms with E-state index in [2.05, 4.69) is 56.9 Å². The van der Waals surface area contributed by atoms with E-state index in [1.807, 2.05) is 4.90 Å². The fraction of sp³-hybridized carbons (Fsp3) is 0.696. The molecule has 0 aromatic heterocycles. The molecule has 1 heterocycles. The van der Waals surface area contributed by atoms with Gasteiger partial charge >= 0.3 is 0 Å². The molecular formula is C23H36N2O2. The Bertz CT molecular complexity index is 623. The number of nitrogens with zero attached hydrogens (tertiary/aromatic N) is 2. The molecule has 1 aromatic carbocycles. The van der Waals surface area contributed by atoms with Crippen LogP contribution in [0.2, 0.25) is 0 Å². The number of piperazine rings is 1. The second-order valence-corrected chi connectivity index (χ2v) is 8.88. The predicted octanol–water partition coefficient (Wildman–Crippen LogP) is 4.12. The summed E-state index contributed by atoms with van der Waals surface area (Å²) >= 11 is 0. The topological polar surface area (TPSA) is 32.8 Å². The number of anilines is 1. The zero-order chi connectivity index (χ0) is 19.4. The Morgan fingerprint density at radius 3 is 2.59 bits per heavy atom. The number of benzene rings is 1. The van der Waals surface area contributed by atoms with Crippen LogP contribution in [0.5, 0.6) is 0 Å². The molecule has 1 aromatic rings. The summed E-state index contributed by atoms with van der Waals surface area (Å²) in [7, 11) is 0. The summed E-state index contributed by atoms with van der Waals surface area (Å²) in [4.78, 5) is 17.0. The first kappa shape index (κ1) is 20.2. The molecule has 1 amide bonds. The van der Waals surface area contributed by atoms with E-state index in [4.69, 9.17) is 4.74 Å². The minimum absolute atomic E-state index is 0.152.